The molecule has 0 saturated heterocycles. The summed E-state index contributed by atoms with van der Waals surface area (Å²) in [5.41, 5.74) is 0.239. The number of aromatic nitrogens is 6. The molecule has 13 heteroatoms. The molecule has 35 heavy (non-hydrogen) atoms. The van der Waals surface area contributed by atoms with E-state index in [1.807, 2.05) is 0 Å². The van der Waals surface area contributed by atoms with Gasteiger partial charge < -0.3 is 19.9 Å². The van der Waals surface area contributed by atoms with Crippen LogP contribution >= 0.6 is 0 Å². The lowest BCUT2D eigenvalue weighted by Gasteiger charge is -2.22. The first kappa shape index (κ1) is 25.5. The number of carboxylic acids is 1. The first-order valence-electron chi connectivity index (χ1n) is 10.7. The van der Waals surface area contributed by atoms with Gasteiger partial charge in [-0.3, -0.25) is 4.79 Å². The van der Waals surface area contributed by atoms with Crippen LogP contribution in [0.1, 0.15) is 32.8 Å². The van der Waals surface area contributed by atoms with Gasteiger partial charge in [-0.15, -0.1) is 10.2 Å². The standard InChI is InChI=1S/C22H26FN7O5/c1-22(2,3)35-21(33)26-15(8-19(31)32)12-30-28-20(27-29-30)17-5-4-16(9-18(17)23)34-7-6-14-10-24-13-25-11-14/h4-5,9-11,13,15H,6-8,12H2,1-3H3,(H,26,33)(H,31,32). The molecule has 1 aromatic carbocycles. The van der Waals surface area contributed by atoms with Gasteiger partial charge in [-0.1, -0.05) is 0 Å². The van der Waals surface area contributed by atoms with Gasteiger partial charge in [-0.25, -0.2) is 19.2 Å². The van der Waals surface area contributed by atoms with Gasteiger partial charge in [-0.05, 0) is 43.7 Å². The molecule has 1 unspecified atom stereocenters. The minimum Gasteiger partial charge on any atom is -0.493 e. The van der Waals surface area contributed by atoms with Crippen molar-refractivity contribution < 1.29 is 28.6 Å². The summed E-state index contributed by atoms with van der Waals surface area (Å²) < 4.78 is 25.4. The summed E-state index contributed by atoms with van der Waals surface area (Å²) in [7, 11) is 0. The van der Waals surface area contributed by atoms with Crippen molar-refractivity contribution in [1.82, 2.24) is 35.5 Å². The molecule has 0 spiro atoms. The molecule has 1 atom stereocenters. The van der Waals surface area contributed by atoms with Crippen LogP contribution in [0.4, 0.5) is 9.18 Å². The second-order valence-corrected chi connectivity index (χ2v) is 8.60. The molecule has 2 heterocycles. The number of hydrogen-bond acceptors (Lipinski definition) is 9. The predicted octanol–water partition coefficient (Wildman–Crippen LogP) is 2.26. The van der Waals surface area contributed by atoms with Crippen molar-refractivity contribution in [2.45, 2.75) is 51.8 Å². The van der Waals surface area contributed by atoms with E-state index in [9.17, 15) is 14.0 Å². The fourth-order valence-corrected chi connectivity index (χ4v) is 2.98. The number of ether oxygens (including phenoxy) is 2. The Labute approximate surface area is 200 Å². The quantitative estimate of drug-likeness (QED) is 0.435. The molecule has 12 nitrogen and oxygen atoms in total. The number of alkyl carbamates (subject to hydrolysis) is 1. The SMILES string of the molecule is CC(C)(C)OC(=O)NC(CC(=O)O)Cn1nnc(-c2ccc(OCCc3cncnc3)cc2F)n1. The van der Waals surface area contributed by atoms with E-state index in [-0.39, 0.29) is 17.9 Å². The number of nitrogens with one attached hydrogen (secondary N) is 1. The van der Waals surface area contributed by atoms with E-state index >= 15 is 0 Å². The van der Waals surface area contributed by atoms with Gasteiger partial charge >= 0.3 is 12.1 Å². The third kappa shape index (κ3) is 8.28. The van der Waals surface area contributed by atoms with Gasteiger partial charge in [0.1, 0.15) is 23.5 Å². The Balaban J connectivity index is 1.62. The van der Waals surface area contributed by atoms with Crippen molar-refractivity contribution in [3.05, 3.63) is 48.3 Å². The normalized spacial score (nSPS) is 12.1. The van der Waals surface area contributed by atoms with E-state index in [1.165, 1.54) is 18.5 Å². The Morgan fingerprint density at radius 3 is 2.63 bits per heavy atom. The molecule has 0 radical (unpaired) electrons. The Morgan fingerprint density at radius 2 is 1.97 bits per heavy atom. The minimum atomic E-state index is -1.13. The largest absolute Gasteiger partial charge is 0.493 e. The van der Waals surface area contributed by atoms with Crippen LogP contribution in [0.2, 0.25) is 0 Å². The maximum Gasteiger partial charge on any atom is 0.407 e. The number of aliphatic carboxylic acids is 1. The van der Waals surface area contributed by atoms with Crippen LogP contribution in [-0.4, -0.2) is 65.6 Å². The molecule has 2 N–H and O–H groups in total. The van der Waals surface area contributed by atoms with E-state index in [2.05, 4.69) is 30.7 Å². The van der Waals surface area contributed by atoms with E-state index < -0.39 is 35.9 Å². The van der Waals surface area contributed by atoms with Gasteiger partial charge in [0.05, 0.1) is 31.2 Å². The number of carboxylic acid groups (broad SMARTS) is 1. The van der Waals surface area contributed by atoms with Crippen LogP contribution in [0, 0.1) is 5.82 Å². The highest BCUT2D eigenvalue weighted by Gasteiger charge is 2.23. The number of halogens is 1. The molecule has 0 bridgehead atoms. The molecule has 1 amide bonds. The van der Waals surface area contributed by atoms with Crippen LogP contribution in [0.15, 0.2) is 36.9 Å². The van der Waals surface area contributed by atoms with E-state index in [4.69, 9.17) is 14.6 Å². The van der Waals surface area contributed by atoms with Crippen molar-refractivity contribution in [3.8, 4) is 17.1 Å². The minimum absolute atomic E-state index is 0.00169. The lowest BCUT2D eigenvalue weighted by molar-refractivity contribution is -0.137. The highest BCUT2D eigenvalue weighted by atomic mass is 19.1. The number of amides is 1. The maximum atomic E-state index is 14.7. The number of carbonyl (C=O) groups excluding carboxylic acids is 1. The Bertz CT molecular complexity index is 1150. The smallest absolute Gasteiger partial charge is 0.407 e. The number of carbonyl (C=O) groups is 2. The molecule has 0 saturated carbocycles. The molecule has 0 aliphatic heterocycles. The predicted molar refractivity (Wildman–Crippen MR) is 120 cm³/mol. The molecular weight excluding hydrogens is 461 g/mol. The Kier molecular flexibility index (Phi) is 8.23. The van der Waals surface area contributed by atoms with Crippen LogP contribution in [0.5, 0.6) is 5.75 Å². The van der Waals surface area contributed by atoms with E-state index in [1.54, 1.807) is 39.2 Å². The zero-order chi connectivity index (χ0) is 25.4. The summed E-state index contributed by atoms with van der Waals surface area (Å²) in [5, 5.41) is 23.4. The number of benzene rings is 1. The summed E-state index contributed by atoms with van der Waals surface area (Å²) >= 11 is 0. The number of nitrogens with zero attached hydrogens (tertiary/aromatic N) is 6. The van der Waals surface area contributed by atoms with Gasteiger partial charge in [0.15, 0.2) is 0 Å². The van der Waals surface area contributed by atoms with Gasteiger partial charge in [0.2, 0.25) is 5.82 Å². The second-order valence-electron chi connectivity index (χ2n) is 8.60. The molecule has 3 aromatic rings. The molecular formula is C22H26FN7O5. The third-order valence-corrected chi connectivity index (χ3v) is 4.43. The average molecular weight is 487 g/mol. The highest BCUT2D eigenvalue weighted by Crippen LogP contribution is 2.23. The van der Waals surface area contributed by atoms with Gasteiger partial charge in [0.25, 0.3) is 0 Å². The Morgan fingerprint density at radius 1 is 1.23 bits per heavy atom. The number of hydrogen-bond donors (Lipinski definition) is 2. The summed E-state index contributed by atoms with van der Waals surface area (Å²) in [5.74, 6) is -1.41. The van der Waals surface area contributed by atoms with Crippen molar-refractivity contribution in [3.63, 3.8) is 0 Å². The summed E-state index contributed by atoms with van der Waals surface area (Å²) in [4.78, 5) is 32.2. The topological polar surface area (TPSA) is 154 Å². The number of tetrazole rings is 1. The summed E-state index contributed by atoms with van der Waals surface area (Å²) in [6.07, 6.45) is 4.19. The summed E-state index contributed by atoms with van der Waals surface area (Å²) in [6.45, 7) is 5.27. The van der Waals surface area contributed by atoms with E-state index in [0.29, 0.717) is 18.8 Å². The van der Waals surface area contributed by atoms with Crippen LogP contribution < -0.4 is 10.1 Å². The highest BCUT2D eigenvalue weighted by molar-refractivity contribution is 5.71. The molecule has 0 aliphatic rings. The van der Waals surface area contributed by atoms with Crippen molar-refractivity contribution in [2.75, 3.05) is 6.61 Å². The molecule has 0 fully saturated rings. The third-order valence-electron chi connectivity index (χ3n) is 4.43. The fraction of sp³-hybridized carbons (Fsp3) is 0.409. The van der Waals surface area contributed by atoms with Crippen molar-refractivity contribution in [1.29, 1.82) is 0 Å². The maximum absolute atomic E-state index is 14.7. The zero-order valence-corrected chi connectivity index (χ0v) is 19.5. The number of rotatable bonds is 10. The van der Waals surface area contributed by atoms with Crippen molar-refractivity contribution in [2.24, 2.45) is 0 Å². The monoisotopic (exact) mass is 487 g/mol. The molecule has 2 aromatic heterocycles. The first-order chi connectivity index (χ1) is 16.6. The van der Waals surface area contributed by atoms with Crippen LogP contribution in [0.25, 0.3) is 11.4 Å². The average Bonchev–Trinajstić information content (AvgIpc) is 3.20. The molecule has 0 aliphatic carbocycles. The first-order valence-corrected chi connectivity index (χ1v) is 10.7. The lowest BCUT2D eigenvalue weighted by atomic mass is 10.2. The molecule has 3 rings (SSSR count). The van der Waals surface area contributed by atoms with Crippen LogP contribution in [0.3, 0.4) is 0 Å². The lowest BCUT2D eigenvalue weighted by Crippen LogP contribution is -2.42. The fourth-order valence-electron chi connectivity index (χ4n) is 2.98. The summed E-state index contributed by atoms with van der Waals surface area (Å²) in [6, 6.07) is 3.39. The van der Waals surface area contributed by atoms with E-state index in [0.717, 1.165) is 10.4 Å². The Hall–Kier alpha value is -4.16. The van der Waals surface area contributed by atoms with Gasteiger partial charge in [-0.2, -0.15) is 4.80 Å². The second kappa shape index (κ2) is 11.3. The molecule has 186 valence electrons. The van der Waals surface area contributed by atoms with Gasteiger partial charge in [0, 0.05) is 24.9 Å². The van der Waals surface area contributed by atoms with Crippen molar-refractivity contribution >= 4 is 12.1 Å². The van der Waals surface area contributed by atoms with Crippen LogP contribution in [-0.2, 0) is 22.5 Å². The zero-order valence-electron chi connectivity index (χ0n) is 19.5.